The number of amides is 1. The smallest absolute Gasteiger partial charge is 0.385 e. The van der Waals surface area contributed by atoms with Gasteiger partial charge in [-0.05, 0) is 36.8 Å². The van der Waals surface area contributed by atoms with Crippen LogP contribution in [0, 0.1) is 0 Å². The Morgan fingerprint density at radius 3 is 2.69 bits per heavy atom. The van der Waals surface area contributed by atoms with Crippen LogP contribution in [0.5, 0.6) is 0 Å². The topological polar surface area (TPSA) is 78.0 Å². The number of aromatic nitrogens is 2. The van der Waals surface area contributed by atoms with E-state index in [0.717, 1.165) is 6.07 Å². The molecule has 2 aromatic carbocycles. The number of anilines is 1. The highest BCUT2D eigenvalue weighted by molar-refractivity contribution is 5.94. The normalized spacial score (nSPS) is 13.0. The number of hydrogen-bond donors (Lipinski definition) is 3. The van der Waals surface area contributed by atoms with Gasteiger partial charge < -0.3 is 15.4 Å². The fourth-order valence-corrected chi connectivity index (χ4v) is 2.63. The van der Waals surface area contributed by atoms with Crippen LogP contribution in [0.25, 0.3) is 11.0 Å². The van der Waals surface area contributed by atoms with Crippen LogP contribution in [0.4, 0.5) is 18.9 Å². The third kappa shape index (κ3) is 3.85. The molecule has 0 fully saturated rings. The zero-order valence-corrected chi connectivity index (χ0v) is 13.8. The van der Waals surface area contributed by atoms with Gasteiger partial charge in [-0.2, -0.15) is 13.2 Å². The second-order valence-electron chi connectivity index (χ2n) is 5.91. The standard InChI is InChI=1S/C18H16F3N3O2/c1-10(25)17-23-14-7-6-12(9-15(14)24-17)22-16(26)8-11-4-2-3-5-13(11)18(19,20)21/h2-7,9-10,25H,8H2,1H3,(H,22,26)(H,23,24). The predicted molar refractivity (Wildman–Crippen MR) is 90.5 cm³/mol. The highest BCUT2D eigenvalue weighted by Gasteiger charge is 2.33. The zero-order chi connectivity index (χ0) is 18.9. The molecule has 1 amide bonds. The molecule has 8 heteroatoms. The van der Waals surface area contributed by atoms with E-state index in [9.17, 15) is 23.1 Å². The van der Waals surface area contributed by atoms with Crippen LogP contribution in [-0.4, -0.2) is 21.0 Å². The van der Waals surface area contributed by atoms with E-state index in [1.54, 1.807) is 25.1 Å². The molecule has 0 aliphatic carbocycles. The number of aliphatic hydroxyl groups is 1. The van der Waals surface area contributed by atoms with Crippen LogP contribution in [0.2, 0.25) is 0 Å². The average molecular weight is 363 g/mol. The summed E-state index contributed by atoms with van der Waals surface area (Å²) in [5, 5.41) is 12.1. The zero-order valence-electron chi connectivity index (χ0n) is 13.8. The molecule has 0 saturated heterocycles. The number of H-pyrrole nitrogens is 1. The number of rotatable bonds is 4. The van der Waals surface area contributed by atoms with E-state index >= 15 is 0 Å². The molecular weight excluding hydrogens is 347 g/mol. The number of aromatic amines is 1. The van der Waals surface area contributed by atoms with Crippen molar-refractivity contribution in [1.29, 1.82) is 0 Å². The first-order valence-electron chi connectivity index (χ1n) is 7.86. The summed E-state index contributed by atoms with van der Waals surface area (Å²) in [5.74, 6) is -0.168. The third-order valence-corrected chi connectivity index (χ3v) is 3.85. The molecule has 0 saturated carbocycles. The lowest BCUT2D eigenvalue weighted by Gasteiger charge is -2.12. The first-order chi connectivity index (χ1) is 12.2. The molecule has 0 bridgehead atoms. The van der Waals surface area contributed by atoms with Crippen LogP contribution >= 0.6 is 0 Å². The predicted octanol–water partition coefficient (Wildman–Crippen LogP) is 3.82. The van der Waals surface area contributed by atoms with E-state index in [0.29, 0.717) is 22.5 Å². The van der Waals surface area contributed by atoms with Crippen molar-refractivity contribution < 1.29 is 23.1 Å². The molecule has 0 radical (unpaired) electrons. The minimum absolute atomic E-state index is 0.0866. The van der Waals surface area contributed by atoms with Crippen molar-refractivity contribution in [2.45, 2.75) is 25.6 Å². The van der Waals surface area contributed by atoms with E-state index in [4.69, 9.17) is 0 Å². The Morgan fingerprint density at radius 2 is 2.00 bits per heavy atom. The van der Waals surface area contributed by atoms with Crippen molar-refractivity contribution in [2.24, 2.45) is 0 Å². The second kappa shape index (κ2) is 6.80. The fourth-order valence-electron chi connectivity index (χ4n) is 2.63. The molecule has 1 unspecified atom stereocenters. The Morgan fingerprint density at radius 1 is 1.27 bits per heavy atom. The van der Waals surface area contributed by atoms with Crippen molar-refractivity contribution in [3.05, 3.63) is 59.4 Å². The number of benzene rings is 2. The Hall–Kier alpha value is -2.87. The lowest BCUT2D eigenvalue weighted by molar-refractivity contribution is -0.138. The first kappa shape index (κ1) is 17.9. The molecule has 1 atom stereocenters. The molecule has 26 heavy (non-hydrogen) atoms. The average Bonchev–Trinajstić information content (AvgIpc) is 2.98. The van der Waals surface area contributed by atoms with Gasteiger partial charge in [-0.3, -0.25) is 4.79 Å². The summed E-state index contributed by atoms with van der Waals surface area (Å²) in [6.07, 6.45) is -5.67. The number of aliphatic hydroxyl groups excluding tert-OH is 1. The number of carbonyl (C=O) groups is 1. The van der Waals surface area contributed by atoms with Gasteiger partial charge in [0, 0.05) is 5.69 Å². The van der Waals surface area contributed by atoms with Gasteiger partial charge in [0.15, 0.2) is 0 Å². The van der Waals surface area contributed by atoms with Crippen LogP contribution in [-0.2, 0) is 17.4 Å². The summed E-state index contributed by atoms with van der Waals surface area (Å²) >= 11 is 0. The highest BCUT2D eigenvalue weighted by Crippen LogP contribution is 2.32. The maximum absolute atomic E-state index is 13.0. The molecule has 0 aliphatic rings. The Kier molecular flexibility index (Phi) is 4.69. The van der Waals surface area contributed by atoms with Gasteiger partial charge in [0.25, 0.3) is 0 Å². The molecule has 3 rings (SSSR count). The van der Waals surface area contributed by atoms with Crippen molar-refractivity contribution >= 4 is 22.6 Å². The summed E-state index contributed by atoms with van der Waals surface area (Å²) in [4.78, 5) is 19.3. The maximum Gasteiger partial charge on any atom is 0.416 e. The van der Waals surface area contributed by atoms with E-state index in [-0.39, 0.29) is 5.56 Å². The number of hydrogen-bond acceptors (Lipinski definition) is 3. The van der Waals surface area contributed by atoms with Crippen molar-refractivity contribution in [3.63, 3.8) is 0 Å². The van der Waals surface area contributed by atoms with Gasteiger partial charge in [-0.1, -0.05) is 18.2 Å². The number of carbonyl (C=O) groups excluding carboxylic acids is 1. The third-order valence-electron chi connectivity index (χ3n) is 3.85. The first-order valence-corrected chi connectivity index (χ1v) is 7.86. The number of halogens is 3. The molecule has 1 aromatic heterocycles. The summed E-state index contributed by atoms with van der Waals surface area (Å²) in [7, 11) is 0. The molecule has 3 N–H and O–H groups in total. The van der Waals surface area contributed by atoms with E-state index in [1.807, 2.05) is 0 Å². The molecule has 1 heterocycles. The van der Waals surface area contributed by atoms with Crippen molar-refractivity contribution in [3.8, 4) is 0 Å². The summed E-state index contributed by atoms with van der Waals surface area (Å²) in [5.41, 5.74) is 0.737. The molecule has 0 spiro atoms. The molecule has 0 aliphatic heterocycles. The lowest BCUT2D eigenvalue weighted by atomic mass is 10.0. The fraction of sp³-hybridized carbons (Fsp3) is 0.222. The largest absolute Gasteiger partial charge is 0.416 e. The highest BCUT2D eigenvalue weighted by atomic mass is 19.4. The number of nitrogens with zero attached hydrogens (tertiary/aromatic N) is 1. The van der Waals surface area contributed by atoms with Gasteiger partial charge in [0.2, 0.25) is 5.91 Å². The van der Waals surface area contributed by atoms with Gasteiger partial charge in [0.05, 0.1) is 23.0 Å². The summed E-state index contributed by atoms with van der Waals surface area (Å²) < 4.78 is 39.0. The number of nitrogens with one attached hydrogen (secondary N) is 2. The lowest BCUT2D eigenvalue weighted by Crippen LogP contribution is -2.17. The number of fused-ring (bicyclic) bond motifs is 1. The summed E-state index contributed by atoms with van der Waals surface area (Å²) in [6, 6.07) is 9.86. The van der Waals surface area contributed by atoms with Crippen LogP contribution in [0.15, 0.2) is 42.5 Å². The molecule has 3 aromatic rings. The maximum atomic E-state index is 13.0. The molecule has 5 nitrogen and oxygen atoms in total. The number of imidazole rings is 1. The SMILES string of the molecule is CC(O)c1nc2ccc(NC(=O)Cc3ccccc3C(F)(F)F)cc2[nH]1. The Labute approximate surface area is 146 Å². The van der Waals surface area contributed by atoms with Crippen molar-refractivity contribution in [1.82, 2.24) is 9.97 Å². The van der Waals surface area contributed by atoms with Gasteiger partial charge in [-0.15, -0.1) is 0 Å². The second-order valence-corrected chi connectivity index (χ2v) is 5.91. The van der Waals surface area contributed by atoms with E-state index in [1.165, 1.54) is 18.2 Å². The Bertz CT molecular complexity index is 948. The Balaban J connectivity index is 1.77. The minimum Gasteiger partial charge on any atom is -0.385 e. The van der Waals surface area contributed by atoms with Gasteiger partial charge in [-0.25, -0.2) is 4.98 Å². The molecule has 136 valence electrons. The van der Waals surface area contributed by atoms with E-state index < -0.39 is 30.2 Å². The van der Waals surface area contributed by atoms with E-state index in [2.05, 4.69) is 15.3 Å². The van der Waals surface area contributed by atoms with Gasteiger partial charge >= 0.3 is 6.18 Å². The quantitative estimate of drug-likeness (QED) is 0.659. The van der Waals surface area contributed by atoms with Crippen molar-refractivity contribution in [2.75, 3.05) is 5.32 Å². The summed E-state index contributed by atoms with van der Waals surface area (Å²) in [6.45, 7) is 1.57. The van der Waals surface area contributed by atoms with Crippen LogP contribution < -0.4 is 5.32 Å². The minimum atomic E-state index is -4.51. The van der Waals surface area contributed by atoms with Gasteiger partial charge in [0.1, 0.15) is 11.9 Å². The van der Waals surface area contributed by atoms with Crippen LogP contribution in [0.3, 0.4) is 0 Å². The van der Waals surface area contributed by atoms with Crippen LogP contribution in [0.1, 0.15) is 30.0 Å². The molecular formula is C18H16F3N3O2. The number of alkyl halides is 3. The monoisotopic (exact) mass is 363 g/mol.